The Kier molecular flexibility index (Phi) is 3.74. The third kappa shape index (κ3) is 2.57. The summed E-state index contributed by atoms with van der Waals surface area (Å²) in [6.07, 6.45) is 0.0760. The number of fused-ring (bicyclic) bond motifs is 1. The van der Waals surface area contributed by atoms with Crippen LogP contribution in [0.15, 0.2) is 40.9 Å². The highest BCUT2D eigenvalue weighted by molar-refractivity contribution is 9.10. The minimum absolute atomic E-state index is 0.235. The molecule has 1 heterocycles. The van der Waals surface area contributed by atoms with Crippen LogP contribution in [0.4, 0.5) is 14.5 Å². The van der Waals surface area contributed by atoms with Crippen LogP contribution < -0.4 is 5.32 Å². The van der Waals surface area contributed by atoms with Crippen molar-refractivity contribution in [2.75, 3.05) is 11.9 Å². The van der Waals surface area contributed by atoms with Crippen LogP contribution in [-0.2, 0) is 12.8 Å². The van der Waals surface area contributed by atoms with Crippen LogP contribution in [-0.4, -0.2) is 6.54 Å². The highest BCUT2D eigenvalue weighted by atomic mass is 79.9. The lowest BCUT2D eigenvalue weighted by Gasteiger charge is -2.14. The number of nitrogens with one attached hydrogen (secondary N) is 1. The first-order valence-electron chi connectivity index (χ1n) is 6.59. The Morgan fingerprint density at radius 2 is 2.10 bits per heavy atom. The standard InChI is InChI=1S/C16H14BrF2N/c17-14-9-12(18)5-4-11(14)8-15(19)13-3-1-2-10-6-7-20-16(10)13/h1-5,9,15,20H,6-8H2. The predicted molar refractivity (Wildman–Crippen MR) is 80.3 cm³/mol. The molecule has 104 valence electrons. The van der Waals surface area contributed by atoms with E-state index in [9.17, 15) is 8.78 Å². The van der Waals surface area contributed by atoms with E-state index < -0.39 is 6.17 Å². The van der Waals surface area contributed by atoms with Crippen molar-refractivity contribution in [3.05, 3.63) is 63.4 Å². The van der Waals surface area contributed by atoms with E-state index >= 15 is 0 Å². The van der Waals surface area contributed by atoms with Crippen molar-refractivity contribution in [1.29, 1.82) is 0 Å². The second-order valence-corrected chi connectivity index (χ2v) is 5.82. The Labute approximate surface area is 125 Å². The van der Waals surface area contributed by atoms with Gasteiger partial charge in [0.2, 0.25) is 0 Å². The predicted octanol–water partition coefficient (Wildman–Crippen LogP) is 4.81. The lowest BCUT2D eigenvalue weighted by molar-refractivity contribution is 0.343. The van der Waals surface area contributed by atoms with E-state index in [1.165, 1.54) is 17.7 Å². The van der Waals surface area contributed by atoms with Gasteiger partial charge < -0.3 is 5.32 Å². The first-order chi connectivity index (χ1) is 9.65. The molecular formula is C16H14BrF2N. The van der Waals surface area contributed by atoms with Gasteiger partial charge in [-0.25, -0.2) is 8.78 Å². The molecule has 0 bridgehead atoms. The molecule has 20 heavy (non-hydrogen) atoms. The van der Waals surface area contributed by atoms with Crippen molar-refractivity contribution in [3.63, 3.8) is 0 Å². The number of para-hydroxylation sites is 1. The zero-order valence-electron chi connectivity index (χ0n) is 10.8. The summed E-state index contributed by atoms with van der Waals surface area (Å²) in [7, 11) is 0. The highest BCUT2D eigenvalue weighted by Gasteiger charge is 2.21. The summed E-state index contributed by atoms with van der Waals surface area (Å²) in [6.45, 7) is 0.860. The number of hydrogen-bond donors (Lipinski definition) is 1. The van der Waals surface area contributed by atoms with Gasteiger partial charge in [-0.05, 0) is 29.7 Å². The maximum absolute atomic E-state index is 14.6. The minimum atomic E-state index is -1.10. The molecule has 4 heteroatoms. The van der Waals surface area contributed by atoms with Gasteiger partial charge in [0.1, 0.15) is 12.0 Å². The van der Waals surface area contributed by atoms with Gasteiger partial charge in [0.05, 0.1) is 0 Å². The average molecular weight is 338 g/mol. The zero-order chi connectivity index (χ0) is 14.1. The van der Waals surface area contributed by atoms with E-state index in [0.29, 0.717) is 10.0 Å². The molecule has 0 amide bonds. The summed E-state index contributed by atoms with van der Waals surface area (Å²) in [5.74, 6) is -0.321. The van der Waals surface area contributed by atoms with E-state index in [1.807, 2.05) is 18.2 Å². The number of halogens is 3. The molecule has 1 N–H and O–H groups in total. The molecule has 0 aromatic heterocycles. The maximum atomic E-state index is 14.6. The molecule has 0 saturated carbocycles. The molecule has 0 fully saturated rings. The summed E-state index contributed by atoms with van der Waals surface area (Å²) in [5, 5.41) is 3.25. The van der Waals surface area contributed by atoms with Crippen LogP contribution in [0.5, 0.6) is 0 Å². The Balaban J connectivity index is 1.86. The van der Waals surface area contributed by atoms with Crippen molar-refractivity contribution in [1.82, 2.24) is 0 Å². The number of benzene rings is 2. The molecular weight excluding hydrogens is 324 g/mol. The SMILES string of the molecule is Fc1ccc(CC(F)c2cccc3c2NCC3)c(Br)c1. The molecule has 2 aromatic carbocycles. The Morgan fingerprint density at radius 3 is 2.90 bits per heavy atom. The first-order valence-corrected chi connectivity index (χ1v) is 7.38. The van der Waals surface area contributed by atoms with Crippen molar-refractivity contribution >= 4 is 21.6 Å². The van der Waals surface area contributed by atoms with Gasteiger partial charge in [-0.2, -0.15) is 0 Å². The molecule has 1 aliphatic heterocycles. The summed E-state index contributed by atoms with van der Waals surface area (Å²) < 4.78 is 28.3. The van der Waals surface area contributed by atoms with Crippen LogP contribution in [0.1, 0.15) is 22.9 Å². The second-order valence-electron chi connectivity index (χ2n) is 4.97. The average Bonchev–Trinajstić information content (AvgIpc) is 2.90. The minimum Gasteiger partial charge on any atom is -0.384 e. The molecule has 1 nitrogen and oxygen atoms in total. The van der Waals surface area contributed by atoms with E-state index in [0.717, 1.165) is 24.2 Å². The monoisotopic (exact) mass is 337 g/mol. The highest BCUT2D eigenvalue weighted by Crippen LogP contribution is 2.35. The Morgan fingerprint density at radius 1 is 1.25 bits per heavy atom. The molecule has 0 saturated heterocycles. The Bertz CT molecular complexity index is 642. The van der Waals surface area contributed by atoms with Gasteiger partial charge in [0.15, 0.2) is 0 Å². The fourth-order valence-electron chi connectivity index (χ4n) is 2.62. The van der Waals surface area contributed by atoms with Crippen molar-refractivity contribution < 1.29 is 8.78 Å². The van der Waals surface area contributed by atoms with Crippen molar-refractivity contribution in [2.24, 2.45) is 0 Å². The largest absolute Gasteiger partial charge is 0.384 e. The number of anilines is 1. The van der Waals surface area contributed by atoms with Gasteiger partial charge in [-0.15, -0.1) is 0 Å². The lowest BCUT2D eigenvalue weighted by Crippen LogP contribution is -2.02. The zero-order valence-corrected chi connectivity index (χ0v) is 12.4. The molecule has 0 aliphatic carbocycles. The summed E-state index contributed by atoms with van der Waals surface area (Å²) in [5.41, 5.74) is 3.56. The van der Waals surface area contributed by atoms with Gasteiger partial charge in [0.25, 0.3) is 0 Å². The van der Waals surface area contributed by atoms with Crippen molar-refractivity contribution in [3.8, 4) is 0 Å². The van der Waals surface area contributed by atoms with Crippen LogP contribution >= 0.6 is 15.9 Å². The van der Waals surface area contributed by atoms with E-state index in [2.05, 4.69) is 21.2 Å². The van der Waals surface area contributed by atoms with Crippen LogP contribution in [0.25, 0.3) is 0 Å². The van der Waals surface area contributed by atoms with E-state index in [-0.39, 0.29) is 12.2 Å². The Hall–Kier alpha value is -1.42. The molecule has 1 aliphatic rings. The fourth-order valence-corrected chi connectivity index (χ4v) is 3.13. The summed E-state index contributed by atoms with van der Waals surface area (Å²) >= 11 is 3.29. The molecule has 3 rings (SSSR count). The summed E-state index contributed by atoms with van der Waals surface area (Å²) in [6, 6.07) is 10.1. The second kappa shape index (κ2) is 5.52. The number of hydrogen-bond acceptors (Lipinski definition) is 1. The van der Waals surface area contributed by atoms with Gasteiger partial charge >= 0.3 is 0 Å². The number of alkyl halides is 1. The smallest absolute Gasteiger partial charge is 0.131 e. The number of rotatable bonds is 3. The lowest BCUT2D eigenvalue weighted by atomic mass is 9.99. The molecule has 2 aromatic rings. The van der Waals surface area contributed by atoms with Crippen LogP contribution in [0.2, 0.25) is 0 Å². The third-order valence-electron chi connectivity index (χ3n) is 3.63. The van der Waals surface area contributed by atoms with Gasteiger partial charge in [-0.1, -0.05) is 40.2 Å². The normalized spacial score (nSPS) is 14.8. The molecule has 0 radical (unpaired) electrons. The molecule has 1 atom stereocenters. The maximum Gasteiger partial charge on any atom is 0.131 e. The summed E-state index contributed by atoms with van der Waals surface area (Å²) in [4.78, 5) is 0. The van der Waals surface area contributed by atoms with Crippen LogP contribution in [0.3, 0.4) is 0 Å². The molecule has 1 unspecified atom stereocenters. The fraction of sp³-hybridized carbons (Fsp3) is 0.250. The van der Waals surface area contributed by atoms with Crippen LogP contribution in [0, 0.1) is 5.82 Å². The van der Waals surface area contributed by atoms with Crippen molar-refractivity contribution in [2.45, 2.75) is 19.0 Å². The first kappa shape index (κ1) is 13.6. The van der Waals surface area contributed by atoms with Gasteiger partial charge in [-0.3, -0.25) is 0 Å². The third-order valence-corrected chi connectivity index (χ3v) is 4.37. The topological polar surface area (TPSA) is 12.0 Å². The molecule has 0 spiro atoms. The van der Waals surface area contributed by atoms with E-state index in [4.69, 9.17) is 0 Å². The quantitative estimate of drug-likeness (QED) is 0.847. The van der Waals surface area contributed by atoms with E-state index in [1.54, 1.807) is 6.07 Å². The van der Waals surface area contributed by atoms with Gasteiger partial charge in [0, 0.05) is 28.7 Å².